The Morgan fingerprint density at radius 3 is 0.953 bits per heavy atom. The van der Waals surface area contributed by atoms with Gasteiger partial charge in [0.1, 0.15) is 5.69 Å². The molecule has 5 aromatic heterocycles. The predicted molar refractivity (Wildman–Crippen MR) is 539 cm³/mol. The van der Waals surface area contributed by atoms with Crippen molar-refractivity contribution >= 4 is 130 Å². The molecular formula is C122H73N7. The van der Waals surface area contributed by atoms with Crippen LogP contribution in [0.3, 0.4) is 0 Å². The Labute approximate surface area is 741 Å². The van der Waals surface area contributed by atoms with Crippen molar-refractivity contribution in [2.45, 2.75) is 0 Å². The molecule has 0 bridgehead atoms. The molecule has 0 saturated heterocycles. The fourth-order valence-corrected chi connectivity index (χ4v) is 21.8. The first-order valence-electron chi connectivity index (χ1n) is 44.3. The molecule has 0 amide bonds. The number of nitrogens with zero attached hydrogens (tertiary/aromatic N) is 7. The van der Waals surface area contributed by atoms with Crippen molar-refractivity contribution in [1.82, 2.24) is 33.6 Å². The van der Waals surface area contributed by atoms with Crippen LogP contribution < -0.4 is 0 Å². The summed E-state index contributed by atoms with van der Waals surface area (Å²) < 4.78 is 7.12. The first-order chi connectivity index (χ1) is 64.1. The van der Waals surface area contributed by atoms with E-state index in [-0.39, 0.29) is 0 Å². The van der Waals surface area contributed by atoms with Gasteiger partial charge in [-0.1, -0.05) is 370 Å². The molecule has 0 atom stereocenters. The van der Waals surface area contributed by atoms with E-state index in [1.54, 1.807) is 0 Å². The summed E-state index contributed by atoms with van der Waals surface area (Å²) in [5.41, 5.74) is 37.3. The maximum atomic E-state index is 5.47. The molecule has 596 valence electrons. The zero-order chi connectivity index (χ0) is 84.5. The van der Waals surface area contributed by atoms with E-state index in [1.165, 1.54) is 192 Å². The van der Waals surface area contributed by atoms with E-state index < -0.39 is 0 Å². The molecule has 26 aromatic rings. The Morgan fingerprint density at radius 2 is 0.488 bits per heavy atom. The van der Waals surface area contributed by atoms with Gasteiger partial charge >= 0.3 is 0 Å². The molecule has 5 heterocycles. The largest absolute Gasteiger partial charge is 0.309 e. The monoisotopic (exact) mass is 1640 g/mol. The molecule has 29 rings (SSSR count). The number of rotatable bonds is 8. The molecule has 3 aliphatic rings. The minimum absolute atomic E-state index is 0.670. The quantitative estimate of drug-likeness (QED) is 0.152. The second-order valence-corrected chi connectivity index (χ2v) is 34.0. The highest BCUT2D eigenvalue weighted by molar-refractivity contribution is 6.36. The molecule has 0 spiro atoms. The minimum Gasteiger partial charge on any atom is -0.309 e. The number of fused-ring (bicyclic) bond motifs is 12. The van der Waals surface area contributed by atoms with E-state index in [0.29, 0.717) is 5.95 Å². The Kier molecular flexibility index (Phi) is 16.0. The summed E-state index contributed by atoms with van der Waals surface area (Å²) in [6.07, 6.45) is 0. The fraction of sp³-hybridized carbons (Fsp3) is 0. The molecule has 0 aliphatic heterocycles. The Balaban J connectivity index is 0.000000101. The summed E-state index contributed by atoms with van der Waals surface area (Å²) in [6.45, 7) is 0. The highest BCUT2D eigenvalue weighted by atomic mass is 15.2. The van der Waals surface area contributed by atoms with Gasteiger partial charge in [-0.25, -0.2) is 19.9 Å². The molecule has 0 radical (unpaired) electrons. The van der Waals surface area contributed by atoms with Gasteiger partial charge in [-0.3, -0.25) is 9.13 Å². The van der Waals surface area contributed by atoms with Crippen molar-refractivity contribution in [2.75, 3.05) is 0 Å². The van der Waals surface area contributed by atoms with Crippen LogP contribution in [0, 0.1) is 0 Å². The maximum absolute atomic E-state index is 5.47. The highest BCUT2D eigenvalue weighted by Crippen LogP contribution is 2.57. The molecule has 7 nitrogen and oxygen atoms in total. The average molecular weight is 1640 g/mol. The van der Waals surface area contributed by atoms with Crippen molar-refractivity contribution in [3.63, 3.8) is 0 Å². The smallest absolute Gasteiger partial charge is 0.235 e. The molecular weight excluding hydrogens is 1560 g/mol. The second-order valence-electron chi connectivity index (χ2n) is 34.0. The number of benzene rings is 21. The lowest BCUT2D eigenvalue weighted by Gasteiger charge is -2.17. The Hall–Kier alpha value is -17.3. The summed E-state index contributed by atoms with van der Waals surface area (Å²) in [6, 6.07) is 159. The highest BCUT2D eigenvalue weighted by Gasteiger charge is 2.33. The average Bonchev–Trinajstić information content (AvgIpc) is 1.54. The number of hydrogen-bond donors (Lipinski definition) is 0. The zero-order valence-electron chi connectivity index (χ0n) is 69.8. The summed E-state index contributed by atoms with van der Waals surface area (Å²) >= 11 is 0. The van der Waals surface area contributed by atoms with Gasteiger partial charge in [-0.05, 0) is 200 Å². The van der Waals surface area contributed by atoms with E-state index in [2.05, 4.69) is 432 Å². The van der Waals surface area contributed by atoms with Crippen LogP contribution in [-0.2, 0) is 0 Å². The van der Waals surface area contributed by atoms with E-state index in [0.717, 1.165) is 72.3 Å². The van der Waals surface area contributed by atoms with Crippen LogP contribution in [0.2, 0.25) is 0 Å². The van der Waals surface area contributed by atoms with Crippen LogP contribution in [0.5, 0.6) is 0 Å². The molecule has 0 unspecified atom stereocenters. The van der Waals surface area contributed by atoms with E-state index >= 15 is 0 Å². The van der Waals surface area contributed by atoms with Crippen LogP contribution in [-0.4, -0.2) is 33.6 Å². The van der Waals surface area contributed by atoms with Crippen molar-refractivity contribution < 1.29 is 0 Å². The van der Waals surface area contributed by atoms with Gasteiger partial charge in [0.25, 0.3) is 0 Å². The minimum atomic E-state index is 0.670. The van der Waals surface area contributed by atoms with Crippen LogP contribution in [0.15, 0.2) is 443 Å². The van der Waals surface area contributed by atoms with Crippen LogP contribution >= 0.6 is 0 Å². The molecule has 0 fully saturated rings. The van der Waals surface area contributed by atoms with Gasteiger partial charge in [-0.2, -0.15) is 0 Å². The first kappa shape index (κ1) is 72.2. The van der Waals surface area contributed by atoms with Gasteiger partial charge in [0, 0.05) is 70.7 Å². The molecule has 0 saturated carbocycles. The predicted octanol–water partition coefficient (Wildman–Crippen LogP) is 32.1. The van der Waals surface area contributed by atoms with Crippen LogP contribution in [0.1, 0.15) is 0 Å². The van der Waals surface area contributed by atoms with Crippen molar-refractivity contribution in [3.8, 4) is 140 Å². The van der Waals surface area contributed by atoms with Crippen molar-refractivity contribution in [2.24, 2.45) is 0 Å². The summed E-state index contributed by atoms with van der Waals surface area (Å²) in [5, 5.41) is 18.8. The van der Waals surface area contributed by atoms with E-state index in [9.17, 15) is 0 Å². The lowest BCUT2D eigenvalue weighted by atomic mass is 9.90. The maximum Gasteiger partial charge on any atom is 0.235 e. The van der Waals surface area contributed by atoms with Crippen LogP contribution in [0.4, 0.5) is 0 Å². The zero-order valence-corrected chi connectivity index (χ0v) is 69.8. The van der Waals surface area contributed by atoms with E-state index in [1.807, 2.05) is 24.3 Å². The summed E-state index contributed by atoms with van der Waals surface area (Å²) in [4.78, 5) is 21.4. The SMILES string of the molecule is c1ccc(-c2cc3c4c5c(cccc25)-c2ccccc2-c2cccc(c24)n3-c2ccccc2)cc1.c1ccc(-c2cc3c4c5c(cccc25)-c2ccccc2-c2cccc(c24)n3-c2nc(-c3ccc4ccccc4c3)c3ccccc3n2)cc1.c1ccc(-c2nc3ccccc3nc2-n2c3cccc4c3c3c5c(cccc5c(-c5ccccc5)cc32)-c2ccccc2-4)cc1. The van der Waals surface area contributed by atoms with Crippen LogP contribution in [0.25, 0.3) is 271 Å². The molecule has 129 heavy (non-hydrogen) atoms. The third-order valence-corrected chi connectivity index (χ3v) is 27.2. The summed E-state index contributed by atoms with van der Waals surface area (Å²) in [7, 11) is 0. The second kappa shape index (κ2) is 28.7. The lowest BCUT2D eigenvalue weighted by Crippen LogP contribution is -2.04. The molecule has 7 heteroatoms. The number of aromatic nitrogens is 7. The topological polar surface area (TPSA) is 66.3 Å². The number of hydrogen-bond acceptors (Lipinski definition) is 4. The van der Waals surface area contributed by atoms with E-state index in [4.69, 9.17) is 19.9 Å². The first-order valence-corrected chi connectivity index (χ1v) is 44.3. The van der Waals surface area contributed by atoms with Gasteiger partial charge in [0.2, 0.25) is 5.95 Å². The molecule has 0 N–H and O–H groups in total. The van der Waals surface area contributed by atoms with Gasteiger partial charge in [0.05, 0.1) is 55.3 Å². The third kappa shape index (κ3) is 11.0. The van der Waals surface area contributed by atoms with Crippen molar-refractivity contribution in [3.05, 3.63) is 443 Å². The van der Waals surface area contributed by atoms with Gasteiger partial charge < -0.3 is 4.57 Å². The molecule has 3 aliphatic carbocycles. The third-order valence-electron chi connectivity index (χ3n) is 27.2. The van der Waals surface area contributed by atoms with Crippen molar-refractivity contribution in [1.29, 1.82) is 0 Å². The Morgan fingerprint density at radius 1 is 0.155 bits per heavy atom. The standard InChI is InChI=1S/C46H27N3.C42H25N3.C34H21N/c1-2-13-29(14-3-1)38-27-41-44-42-34(19-10-20-36(38)42)32-16-6-7-17-33(32)35-21-11-23-40(43(35)44)49(41)46-47-39-22-9-8-18-37(39)45(48-46)31-25-24-28-12-4-5-15-30(28)26-31;1-3-13-26(14-4-1)33-25-37-40-38-30(19-11-20-32(33)38)28-17-7-8-18-29(28)31-21-12-24-36(39(31)40)45(37)42-41(27-15-5-2-6-16-27)43-34-22-9-10-23-35(34)44-42;1-3-11-22(12-4-1)29-21-31-34-32-26(17-9-18-28(29)32)24-15-7-8-16-25(24)27-19-10-20-30(33(27)34)35(31)23-13-5-2-6-14-23/h1-27H;1-25H;1-21H. The van der Waals surface area contributed by atoms with Gasteiger partial charge in [-0.15, -0.1) is 0 Å². The summed E-state index contributed by atoms with van der Waals surface area (Å²) in [5.74, 6) is 1.51. The number of para-hydroxylation sites is 4. The lowest BCUT2D eigenvalue weighted by molar-refractivity contribution is 1.01. The van der Waals surface area contributed by atoms with Gasteiger partial charge in [0.15, 0.2) is 5.82 Å². The Bertz CT molecular complexity index is 9210. The fourth-order valence-electron chi connectivity index (χ4n) is 21.8. The normalized spacial score (nSPS) is 12.0. The molecule has 21 aromatic carbocycles.